The molecule has 31 heavy (non-hydrogen) atoms. The second-order valence-electron chi connectivity index (χ2n) is 7.01. The van der Waals surface area contributed by atoms with E-state index < -0.39 is 24.2 Å². The van der Waals surface area contributed by atoms with Crippen LogP contribution < -0.4 is 10.6 Å². The maximum Gasteiger partial charge on any atom is 0.410 e. The Bertz CT molecular complexity index is 1130. The first-order valence-corrected chi connectivity index (χ1v) is 10.3. The summed E-state index contributed by atoms with van der Waals surface area (Å²) in [4.78, 5) is 12.8. The van der Waals surface area contributed by atoms with Crippen LogP contribution in [0, 0.1) is 0 Å². The molecular formula is C20H15BrClF3N4O2. The molecule has 0 unspecified atom stereocenters. The fourth-order valence-corrected chi connectivity index (χ4v) is 3.88. The second-order valence-corrected chi connectivity index (χ2v) is 8.36. The van der Waals surface area contributed by atoms with Gasteiger partial charge in [-0.1, -0.05) is 39.7 Å². The molecule has 2 aromatic carbocycles. The normalized spacial score (nSPS) is 18.2. The van der Waals surface area contributed by atoms with Crippen molar-refractivity contribution in [1.29, 1.82) is 0 Å². The Morgan fingerprint density at radius 3 is 2.65 bits per heavy atom. The quantitative estimate of drug-likeness (QED) is 0.379. The molecule has 0 spiro atoms. The Labute approximate surface area is 188 Å². The average molecular weight is 516 g/mol. The van der Waals surface area contributed by atoms with Crippen LogP contribution in [0.25, 0.3) is 0 Å². The topological polar surface area (TPSA) is 79.2 Å². The van der Waals surface area contributed by atoms with Gasteiger partial charge in [-0.15, -0.1) is 0 Å². The largest absolute Gasteiger partial charge is 0.506 e. The Balaban J connectivity index is 1.70. The molecule has 2 atom stereocenters. The number of benzene rings is 2. The van der Waals surface area contributed by atoms with Crippen molar-refractivity contribution in [2.75, 3.05) is 10.6 Å². The number of alkyl halides is 3. The van der Waals surface area contributed by atoms with Crippen molar-refractivity contribution < 1.29 is 23.1 Å². The van der Waals surface area contributed by atoms with Crippen molar-refractivity contribution in [1.82, 2.24) is 9.78 Å². The predicted octanol–water partition coefficient (Wildman–Crippen LogP) is 5.92. The van der Waals surface area contributed by atoms with Crippen LogP contribution in [0.2, 0.25) is 5.02 Å². The summed E-state index contributed by atoms with van der Waals surface area (Å²) in [5.74, 6) is -1.02. The lowest BCUT2D eigenvalue weighted by Gasteiger charge is -2.34. The highest BCUT2D eigenvalue weighted by atomic mass is 79.9. The number of phenolic OH excluding ortho intramolecular Hbond substituents is 1. The summed E-state index contributed by atoms with van der Waals surface area (Å²) in [6, 6.07) is 8.38. The van der Waals surface area contributed by atoms with Gasteiger partial charge in [0.15, 0.2) is 6.04 Å². The van der Waals surface area contributed by atoms with Crippen LogP contribution in [0.3, 0.4) is 0 Å². The molecule has 0 saturated heterocycles. The molecule has 4 rings (SSSR count). The number of amides is 1. The van der Waals surface area contributed by atoms with Crippen LogP contribution in [-0.4, -0.2) is 27.0 Å². The van der Waals surface area contributed by atoms with E-state index in [2.05, 4.69) is 31.7 Å². The molecule has 1 aliphatic heterocycles. The van der Waals surface area contributed by atoms with Crippen LogP contribution in [-0.2, 0) is 0 Å². The molecule has 0 fully saturated rings. The summed E-state index contributed by atoms with van der Waals surface area (Å²) in [5, 5.41) is 19.5. The van der Waals surface area contributed by atoms with Crippen molar-refractivity contribution in [2.45, 2.75) is 24.7 Å². The lowest BCUT2D eigenvalue weighted by molar-refractivity contribution is -0.173. The Kier molecular flexibility index (Phi) is 5.61. The van der Waals surface area contributed by atoms with Gasteiger partial charge in [-0.05, 0) is 35.9 Å². The van der Waals surface area contributed by atoms with E-state index in [4.69, 9.17) is 11.6 Å². The van der Waals surface area contributed by atoms with Crippen molar-refractivity contribution >= 4 is 44.9 Å². The minimum Gasteiger partial charge on any atom is -0.506 e. The number of hydrogen-bond donors (Lipinski definition) is 3. The second kappa shape index (κ2) is 8.08. The average Bonchev–Trinajstić information content (AvgIpc) is 3.14. The first kappa shape index (κ1) is 21.5. The summed E-state index contributed by atoms with van der Waals surface area (Å²) < 4.78 is 42.9. The zero-order valence-corrected chi connectivity index (χ0v) is 18.0. The van der Waals surface area contributed by atoms with Gasteiger partial charge in [-0.3, -0.25) is 4.79 Å². The van der Waals surface area contributed by atoms with Gasteiger partial charge < -0.3 is 15.7 Å². The van der Waals surface area contributed by atoms with E-state index in [-0.39, 0.29) is 34.3 Å². The molecule has 1 amide bonds. The monoisotopic (exact) mass is 514 g/mol. The van der Waals surface area contributed by atoms with E-state index in [0.29, 0.717) is 5.56 Å². The number of anilines is 2. The zero-order valence-electron chi connectivity index (χ0n) is 15.6. The highest BCUT2D eigenvalue weighted by Gasteiger charge is 2.47. The summed E-state index contributed by atoms with van der Waals surface area (Å²) in [6.07, 6.45) is -3.77. The fourth-order valence-electron chi connectivity index (χ4n) is 3.44. The lowest BCUT2D eigenvalue weighted by atomic mass is 9.96. The number of halogens is 5. The highest BCUT2D eigenvalue weighted by molar-refractivity contribution is 9.10. The van der Waals surface area contributed by atoms with Gasteiger partial charge in [0.2, 0.25) is 0 Å². The van der Waals surface area contributed by atoms with E-state index in [1.807, 2.05) is 0 Å². The van der Waals surface area contributed by atoms with Crippen LogP contribution >= 0.6 is 27.5 Å². The number of nitrogens with one attached hydrogen (secondary N) is 2. The number of carbonyl (C=O) groups excluding carboxylic acids is 1. The number of fused-ring (bicyclic) bond motifs is 1. The number of aromatic hydroxyl groups is 1. The third kappa shape index (κ3) is 4.35. The minimum absolute atomic E-state index is 0.0325. The van der Waals surface area contributed by atoms with Crippen molar-refractivity contribution in [3.63, 3.8) is 0 Å². The molecule has 6 nitrogen and oxygen atoms in total. The van der Waals surface area contributed by atoms with Gasteiger partial charge in [0.25, 0.3) is 5.91 Å². The third-order valence-electron chi connectivity index (χ3n) is 4.96. The van der Waals surface area contributed by atoms with Gasteiger partial charge in [0.1, 0.15) is 17.1 Å². The molecule has 11 heteroatoms. The van der Waals surface area contributed by atoms with Gasteiger partial charge in [-0.2, -0.15) is 18.3 Å². The van der Waals surface area contributed by atoms with Crippen LogP contribution in [0.15, 0.2) is 53.1 Å². The number of hydrogen-bond acceptors (Lipinski definition) is 4. The predicted molar refractivity (Wildman–Crippen MR) is 114 cm³/mol. The molecule has 2 heterocycles. The number of nitrogens with zero attached hydrogens (tertiary/aromatic N) is 2. The standard InChI is InChI=1S/C20H15BrClF3N4O2/c21-11-3-1-10(2-4-11)14-8-17(20(23,24)25)29-18(27-14)13(9-26-29)19(31)28-15-7-12(22)5-6-16(15)30/h1-7,9,14,17,27,30H,8H2,(H,28,31)/t14-,17+/m1/s1. The molecule has 0 aliphatic carbocycles. The molecular weight excluding hydrogens is 501 g/mol. The molecule has 3 N–H and O–H groups in total. The number of aromatic nitrogens is 2. The number of phenols is 1. The van der Waals surface area contributed by atoms with Gasteiger partial charge in [-0.25, -0.2) is 4.68 Å². The summed E-state index contributed by atoms with van der Waals surface area (Å²) in [6.45, 7) is 0. The first-order chi connectivity index (χ1) is 14.6. The van der Waals surface area contributed by atoms with Crippen LogP contribution in [0.1, 0.15) is 34.4 Å². The summed E-state index contributed by atoms with van der Waals surface area (Å²) >= 11 is 9.20. The Hall–Kier alpha value is -2.72. The molecule has 1 aliphatic rings. The fraction of sp³-hybridized carbons (Fsp3) is 0.200. The maximum atomic E-state index is 13.8. The summed E-state index contributed by atoms with van der Waals surface area (Å²) in [7, 11) is 0. The SMILES string of the molecule is O=C(Nc1cc(Cl)ccc1O)c1cnn2c1N[C@@H](c1ccc(Br)cc1)C[C@H]2C(F)(F)F. The number of rotatable bonds is 3. The lowest BCUT2D eigenvalue weighted by Crippen LogP contribution is -2.36. The summed E-state index contributed by atoms with van der Waals surface area (Å²) in [5.41, 5.74) is 0.587. The molecule has 3 aromatic rings. The van der Waals surface area contributed by atoms with Gasteiger partial charge in [0.05, 0.1) is 17.9 Å². The minimum atomic E-state index is -4.56. The van der Waals surface area contributed by atoms with E-state index in [1.165, 1.54) is 18.2 Å². The number of carbonyl (C=O) groups is 1. The van der Waals surface area contributed by atoms with Crippen molar-refractivity contribution in [3.8, 4) is 5.75 Å². The smallest absolute Gasteiger partial charge is 0.410 e. The van der Waals surface area contributed by atoms with E-state index in [0.717, 1.165) is 15.4 Å². The molecule has 0 bridgehead atoms. The Morgan fingerprint density at radius 1 is 1.26 bits per heavy atom. The highest BCUT2D eigenvalue weighted by Crippen LogP contribution is 2.44. The molecule has 1 aromatic heterocycles. The van der Waals surface area contributed by atoms with Crippen LogP contribution in [0.5, 0.6) is 5.75 Å². The third-order valence-corrected chi connectivity index (χ3v) is 5.73. The molecule has 162 valence electrons. The molecule has 0 saturated carbocycles. The van der Waals surface area contributed by atoms with Crippen molar-refractivity contribution in [2.24, 2.45) is 0 Å². The van der Waals surface area contributed by atoms with E-state index >= 15 is 0 Å². The first-order valence-electron chi connectivity index (χ1n) is 9.09. The van der Waals surface area contributed by atoms with E-state index in [9.17, 15) is 23.1 Å². The van der Waals surface area contributed by atoms with Crippen molar-refractivity contribution in [3.05, 3.63) is 69.3 Å². The van der Waals surface area contributed by atoms with Gasteiger partial charge in [0, 0.05) is 15.9 Å². The Morgan fingerprint density at radius 2 is 1.97 bits per heavy atom. The maximum absolute atomic E-state index is 13.8. The van der Waals surface area contributed by atoms with Crippen LogP contribution in [0.4, 0.5) is 24.7 Å². The zero-order chi connectivity index (χ0) is 22.3. The van der Waals surface area contributed by atoms with Gasteiger partial charge >= 0.3 is 6.18 Å². The van der Waals surface area contributed by atoms with E-state index in [1.54, 1.807) is 24.3 Å². The molecule has 0 radical (unpaired) electrons.